The molecule has 32 heavy (non-hydrogen) atoms. The van der Waals surface area contributed by atoms with Crippen LogP contribution in [-0.2, 0) is 6.42 Å². The van der Waals surface area contributed by atoms with E-state index in [1.54, 1.807) is 6.07 Å². The van der Waals surface area contributed by atoms with Crippen molar-refractivity contribution in [1.82, 2.24) is 0 Å². The van der Waals surface area contributed by atoms with Gasteiger partial charge in [0.1, 0.15) is 5.82 Å². The molecule has 3 aromatic rings. The van der Waals surface area contributed by atoms with Crippen LogP contribution in [0.4, 0.5) is 4.39 Å². The van der Waals surface area contributed by atoms with Crippen molar-refractivity contribution in [2.45, 2.75) is 58.8 Å². The predicted octanol–water partition coefficient (Wildman–Crippen LogP) is 7.84. The second-order valence-corrected chi connectivity index (χ2v) is 8.28. The zero-order valence-electron chi connectivity index (χ0n) is 19.2. The molecule has 0 atom stereocenters. The van der Waals surface area contributed by atoms with Crippen LogP contribution in [0.25, 0.3) is 0 Å². The molecule has 0 fully saturated rings. The lowest BCUT2D eigenvalue weighted by Crippen LogP contribution is -1.88. The van der Waals surface area contributed by atoms with Crippen molar-refractivity contribution >= 4 is 0 Å². The van der Waals surface area contributed by atoms with Crippen LogP contribution in [0, 0.1) is 36.4 Å². The molecule has 0 amide bonds. The first-order valence-electron chi connectivity index (χ1n) is 11.6. The Labute approximate surface area is 192 Å². The molecule has 0 N–H and O–H groups in total. The van der Waals surface area contributed by atoms with E-state index < -0.39 is 0 Å². The first kappa shape index (κ1) is 23.4. The molecule has 0 aliphatic carbocycles. The molecule has 0 aliphatic heterocycles. The summed E-state index contributed by atoms with van der Waals surface area (Å²) in [6.45, 7) is 4.29. The minimum absolute atomic E-state index is 0.340. The number of unbranched alkanes of at least 4 members (excludes halogenated alkanes) is 5. The quantitative estimate of drug-likeness (QED) is 0.269. The largest absolute Gasteiger partial charge is 0.206 e. The zero-order valence-corrected chi connectivity index (χ0v) is 19.2. The first-order valence-corrected chi connectivity index (χ1v) is 11.6. The normalized spacial score (nSPS) is 10.1. The van der Waals surface area contributed by atoms with E-state index in [1.807, 2.05) is 49.4 Å². The Bertz CT molecular complexity index is 1110. The van der Waals surface area contributed by atoms with Gasteiger partial charge >= 0.3 is 0 Å². The van der Waals surface area contributed by atoms with Gasteiger partial charge in [0.25, 0.3) is 0 Å². The van der Waals surface area contributed by atoms with Gasteiger partial charge in [-0.05, 0) is 67.8 Å². The molecular formula is C31H31F. The van der Waals surface area contributed by atoms with Gasteiger partial charge in [0.05, 0.1) is 5.56 Å². The monoisotopic (exact) mass is 422 g/mol. The Morgan fingerprint density at radius 3 is 1.88 bits per heavy atom. The summed E-state index contributed by atoms with van der Waals surface area (Å²) in [6, 6.07) is 21.3. The van der Waals surface area contributed by atoms with E-state index in [9.17, 15) is 4.39 Å². The maximum atomic E-state index is 14.5. The van der Waals surface area contributed by atoms with E-state index in [0.717, 1.165) is 17.5 Å². The molecule has 0 bridgehead atoms. The summed E-state index contributed by atoms with van der Waals surface area (Å²) in [4.78, 5) is 0. The van der Waals surface area contributed by atoms with E-state index in [1.165, 1.54) is 55.7 Å². The molecule has 0 aliphatic rings. The molecule has 3 aromatic carbocycles. The molecule has 0 unspecified atom stereocenters. The highest BCUT2D eigenvalue weighted by Gasteiger charge is 2.00. The SMILES string of the molecule is CCCCCCCCc1ccc(C#Cc2ccc(C#Cc3ccc(C)cc3)cc2F)cc1. The number of hydrogen-bond donors (Lipinski definition) is 0. The summed E-state index contributed by atoms with van der Waals surface area (Å²) in [7, 11) is 0. The summed E-state index contributed by atoms with van der Waals surface area (Å²) in [5.41, 5.74) is 5.39. The topological polar surface area (TPSA) is 0 Å². The van der Waals surface area contributed by atoms with Crippen LogP contribution in [0.5, 0.6) is 0 Å². The van der Waals surface area contributed by atoms with Crippen LogP contribution in [-0.4, -0.2) is 0 Å². The Morgan fingerprint density at radius 1 is 0.625 bits per heavy atom. The maximum Gasteiger partial charge on any atom is 0.140 e. The van der Waals surface area contributed by atoms with Gasteiger partial charge in [-0.15, -0.1) is 0 Å². The lowest BCUT2D eigenvalue weighted by Gasteiger charge is -2.02. The van der Waals surface area contributed by atoms with Crippen LogP contribution in [0.3, 0.4) is 0 Å². The molecule has 162 valence electrons. The highest BCUT2D eigenvalue weighted by Crippen LogP contribution is 2.12. The van der Waals surface area contributed by atoms with E-state index in [2.05, 4.69) is 42.7 Å². The fraction of sp³-hybridized carbons (Fsp3) is 0.290. The number of aryl methyl sites for hydroxylation is 2. The second-order valence-electron chi connectivity index (χ2n) is 8.28. The first-order chi connectivity index (χ1) is 15.6. The molecule has 0 aromatic heterocycles. The minimum Gasteiger partial charge on any atom is -0.206 e. The van der Waals surface area contributed by atoms with Gasteiger partial charge < -0.3 is 0 Å². The number of benzene rings is 3. The van der Waals surface area contributed by atoms with E-state index in [0.29, 0.717) is 11.1 Å². The molecule has 0 radical (unpaired) electrons. The van der Waals surface area contributed by atoms with Crippen molar-refractivity contribution in [3.8, 4) is 23.7 Å². The Hall–Kier alpha value is -3.29. The second kappa shape index (κ2) is 12.5. The van der Waals surface area contributed by atoms with Crippen LogP contribution >= 0.6 is 0 Å². The third-order valence-corrected chi connectivity index (χ3v) is 5.49. The lowest BCUT2D eigenvalue weighted by atomic mass is 10.0. The summed E-state index contributed by atoms with van der Waals surface area (Å²) in [5.74, 6) is 11.8. The van der Waals surface area contributed by atoms with Gasteiger partial charge in [0, 0.05) is 16.7 Å². The van der Waals surface area contributed by atoms with Crippen LogP contribution in [0.1, 0.15) is 78.8 Å². The highest BCUT2D eigenvalue weighted by atomic mass is 19.1. The smallest absolute Gasteiger partial charge is 0.140 e. The van der Waals surface area contributed by atoms with Gasteiger partial charge in [-0.1, -0.05) is 92.5 Å². The molecular weight excluding hydrogens is 391 g/mol. The van der Waals surface area contributed by atoms with E-state index >= 15 is 0 Å². The Kier molecular flexibility index (Phi) is 9.16. The molecule has 0 nitrogen and oxygen atoms in total. The average Bonchev–Trinajstić information content (AvgIpc) is 2.81. The summed E-state index contributed by atoms with van der Waals surface area (Å²) in [5, 5.41) is 0. The molecule has 0 saturated heterocycles. The molecule has 0 saturated carbocycles. The Balaban J connectivity index is 1.56. The fourth-order valence-corrected chi connectivity index (χ4v) is 3.48. The zero-order chi connectivity index (χ0) is 22.6. The lowest BCUT2D eigenvalue weighted by molar-refractivity contribution is 0.607. The average molecular weight is 423 g/mol. The summed E-state index contributed by atoms with van der Waals surface area (Å²) < 4.78 is 14.5. The van der Waals surface area contributed by atoms with Gasteiger partial charge in [-0.2, -0.15) is 0 Å². The Morgan fingerprint density at radius 2 is 1.19 bits per heavy atom. The molecule has 0 heterocycles. The number of rotatable bonds is 7. The number of halogens is 1. The van der Waals surface area contributed by atoms with Crippen molar-refractivity contribution in [3.05, 3.63) is 106 Å². The van der Waals surface area contributed by atoms with Crippen molar-refractivity contribution in [1.29, 1.82) is 0 Å². The summed E-state index contributed by atoms with van der Waals surface area (Å²) in [6.07, 6.45) is 8.96. The van der Waals surface area contributed by atoms with E-state index in [4.69, 9.17) is 0 Å². The van der Waals surface area contributed by atoms with Crippen LogP contribution < -0.4 is 0 Å². The van der Waals surface area contributed by atoms with Crippen molar-refractivity contribution < 1.29 is 4.39 Å². The maximum absolute atomic E-state index is 14.5. The van der Waals surface area contributed by atoms with E-state index in [-0.39, 0.29) is 5.82 Å². The van der Waals surface area contributed by atoms with Gasteiger partial charge in [0.2, 0.25) is 0 Å². The van der Waals surface area contributed by atoms with Gasteiger partial charge in [-0.25, -0.2) is 4.39 Å². The third kappa shape index (κ3) is 7.76. The highest BCUT2D eigenvalue weighted by molar-refractivity contribution is 5.49. The van der Waals surface area contributed by atoms with Crippen LogP contribution in [0.15, 0.2) is 66.7 Å². The standard InChI is InChI=1S/C31H31F/c1-3-4-5-6-7-8-9-26-14-16-28(17-15-26)20-22-30-23-21-29(24-31(30)32)19-18-27-12-10-25(2)11-13-27/h10-17,21,23-24H,3-9H2,1-2H3. The van der Waals surface area contributed by atoms with Crippen molar-refractivity contribution in [3.63, 3.8) is 0 Å². The fourth-order valence-electron chi connectivity index (χ4n) is 3.48. The van der Waals surface area contributed by atoms with Crippen LogP contribution in [0.2, 0.25) is 0 Å². The van der Waals surface area contributed by atoms with Gasteiger partial charge in [-0.3, -0.25) is 0 Å². The van der Waals surface area contributed by atoms with Crippen molar-refractivity contribution in [2.24, 2.45) is 0 Å². The number of hydrogen-bond acceptors (Lipinski definition) is 0. The van der Waals surface area contributed by atoms with Gasteiger partial charge in [0.15, 0.2) is 0 Å². The molecule has 1 heteroatoms. The van der Waals surface area contributed by atoms with Crippen molar-refractivity contribution in [2.75, 3.05) is 0 Å². The third-order valence-electron chi connectivity index (χ3n) is 5.49. The molecule has 3 rings (SSSR count). The summed E-state index contributed by atoms with van der Waals surface area (Å²) >= 11 is 0. The predicted molar refractivity (Wildman–Crippen MR) is 133 cm³/mol. The minimum atomic E-state index is -0.340. The molecule has 0 spiro atoms.